The van der Waals surface area contributed by atoms with Gasteiger partial charge in [0, 0.05) is 0 Å². The Morgan fingerprint density at radius 3 is 2.05 bits per heavy atom. The number of carbonyl (C=O) groups is 5. The number of hydrogen-bond acceptors (Lipinski definition) is 14. The minimum Gasteiger partial charge on any atom is -0.459 e. The molecule has 0 bridgehead atoms. The van der Waals surface area contributed by atoms with Gasteiger partial charge in [0.25, 0.3) is 0 Å². The Bertz CT molecular complexity index is 1340. The van der Waals surface area contributed by atoms with E-state index in [2.05, 4.69) is 0 Å². The van der Waals surface area contributed by atoms with Crippen LogP contribution in [0.25, 0.3) is 0 Å². The predicted octanol–water partition coefficient (Wildman–Crippen LogP) is -0.301. The van der Waals surface area contributed by atoms with Gasteiger partial charge in [-0.3, -0.25) is 14.4 Å². The molecular formula is C30H42N2O12. The summed E-state index contributed by atoms with van der Waals surface area (Å²) in [5.74, 6) is -7.32. The first-order valence-electron chi connectivity index (χ1n) is 15.2. The summed E-state index contributed by atoms with van der Waals surface area (Å²) in [5, 5.41) is 12.6. The van der Waals surface area contributed by atoms with Gasteiger partial charge in [-0.05, 0) is 36.5 Å². The molecule has 5 N–H and O–H groups in total. The number of carbonyl (C=O) groups excluding carboxylic acids is 5. The van der Waals surface area contributed by atoms with E-state index < -0.39 is 112 Å². The van der Waals surface area contributed by atoms with E-state index in [-0.39, 0.29) is 18.3 Å². The topological polar surface area (TPSA) is 213 Å². The molecule has 6 rings (SSSR count). The molecule has 0 aromatic carbocycles. The van der Waals surface area contributed by atoms with Crippen molar-refractivity contribution in [3.05, 3.63) is 0 Å². The Hall–Kier alpha value is -2.81. The van der Waals surface area contributed by atoms with Crippen LogP contribution in [0.15, 0.2) is 0 Å². The minimum absolute atomic E-state index is 0.104. The predicted molar refractivity (Wildman–Crippen MR) is 145 cm³/mol. The molecule has 13 atom stereocenters. The molecule has 14 nitrogen and oxygen atoms in total. The Kier molecular flexibility index (Phi) is 6.48. The third-order valence-corrected chi connectivity index (χ3v) is 11.4. The summed E-state index contributed by atoms with van der Waals surface area (Å²) < 4.78 is 36.1. The highest BCUT2D eigenvalue weighted by Crippen LogP contribution is 2.85. The van der Waals surface area contributed by atoms with Gasteiger partial charge < -0.3 is 45.0 Å². The van der Waals surface area contributed by atoms with Crippen LogP contribution in [0.2, 0.25) is 0 Å². The third kappa shape index (κ3) is 3.13. The molecule has 2 saturated carbocycles. The molecule has 244 valence electrons. The summed E-state index contributed by atoms with van der Waals surface area (Å²) in [7, 11) is 0. The highest BCUT2D eigenvalue weighted by molar-refractivity contribution is 5.95. The summed E-state index contributed by atoms with van der Waals surface area (Å²) in [6.45, 7) is 13.9. The maximum absolute atomic E-state index is 14.2. The quantitative estimate of drug-likeness (QED) is 0.256. The number of rotatable bonds is 6. The SMILES string of the molecule is CC(C)C(N)C(=O)O[C@H]1C(=O)OC2OC34C(=O)OC5CC(C(C)(C)C)C21C53[C@@H](OC(=O)C(N)C(C)C)C1OC(=O)[C@@H](C)[C@@]14O. The van der Waals surface area contributed by atoms with E-state index in [1.54, 1.807) is 27.7 Å². The first-order valence-corrected chi connectivity index (χ1v) is 15.2. The van der Waals surface area contributed by atoms with Crippen molar-refractivity contribution < 1.29 is 57.5 Å². The van der Waals surface area contributed by atoms with Crippen molar-refractivity contribution in [2.45, 2.75) is 116 Å². The van der Waals surface area contributed by atoms with Crippen LogP contribution in [0.5, 0.6) is 0 Å². The summed E-state index contributed by atoms with van der Waals surface area (Å²) in [5.41, 5.74) is 3.12. The Morgan fingerprint density at radius 2 is 1.50 bits per heavy atom. The van der Waals surface area contributed by atoms with Gasteiger partial charge in [-0.2, -0.15) is 0 Å². The Balaban J connectivity index is 1.65. The van der Waals surface area contributed by atoms with Gasteiger partial charge in [-0.1, -0.05) is 48.5 Å². The standard InChI is InChI=1S/C30H42N2O12/c1-10(2)15(31)21(34)40-17-18-29(38,12(5)20(33)41-18)30-24(37)39-14-9-13(26(6,7)8)27(28(14,17)30)19(23(36)43-25(27)44-30)42-22(35)16(32)11(3)4/h10-19,25,38H,9,31-32H2,1-8H3/t12-,13?,14?,15?,16?,17+,18?,19+,25?,27?,28?,29-,30?/m1/s1. The lowest BCUT2D eigenvalue weighted by atomic mass is 9.51. The lowest BCUT2D eigenvalue weighted by molar-refractivity contribution is -0.240. The summed E-state index contributed by atoms with van der Waals surface area (Å²) >= 11 is 0. The normalized spacial score (nSPS) is 46.2. The van der Waals surface area contributed by atoms with Crippen LogP contribution < -0.4 is 11.5 Å². The van der Waals surface area contributed by atoms with Gasteiger partial charge >= 0.3 is 29.8 Å². The number of esters is 5. The van der Waals surface area contributed by atoms with Crippen molar-refractivity contribution in [2.24, 2.45) is 51.4 Å². The zero-order valence-corrected chi connectivity index (χ0v) is 26.2. The van der Waals surface area contributed by atoms with Crippen LogP contribution in [-0.2, 0) is 52.4 Å². The molecule has 2 aliphatic carbocycles. The van der Waals surface area contributed by atoms with Gasteiger partial charge in [0.2, 0.25) is 18.0 Å². The van der Waals surface area contributed by atoms with Crippen LogP contribution in [0.1, 0.15) is 61.8 Å². The lowest BCUT2D eigenvalue weighted by Crippen LogP contribution is -2.68. The monoisotopic (exact) mass is 622 g/mol. The van der Waals surface area contributed by atoms with Crippen molar-refractivity contribution in [2.75, 3.05) is 0 Å². The van der Waals surface area contributed by atoms with Crippen molar-refractivity contribution >= 4 is 29.8 Å². The smallest absolute Gasteiger partial charge is 0.350 e. The van der Waals surface area contributed by atoms with E-state index in [0.29, 0.717) is 0 Å². The highest BCUT2D eigenvalue weighted by Gasteiger charge is 3.05. The molecule has 0 aromatic heterocycles. The van der Waals surface area contributed by atoms with E-state index in [1.807, 2.05) is 20.8 Å². The van der Waals surface area contributed by atoms with E-state index >= 15 is 0 Å². The van der Waals surface area contributed by atoms with Crippen LogP contribution >= 0.6 is 0 Å². The zero-order valence-electron chi connectivity index (χ0n) is 26.2. The van der Waals surface area contributed by atoms with Crippen LogP contribution in [-0.4, -0.2) is 88.9 Å². The molecule has 4 aliphatic heterocycles. The molecule has 14 heteroatoms. The fourth-order valence-electron chi connectivity index (χ4n) is 9.30. The maximum Gasteiger partial charge on any atom is 0.350 e. The molecule has 9 unspecified atom stereocenters. The second kappa shape index (κ2) is 9.14. The molecule has 4 heterocycles. The fourth-order valence-corrected chi connectivity index (χ4v) is 9.30. The largest absolute Gasteiger partial charge is 0.459 e. The first-order chi connectivity index (χ1) is 20.3. The fraction of sp³-hybridized carbons (Fsp3) is 0.833. The maximum atomic E-state index is 14.2. The van der Waals surface area contributed by atoms with Gasteiger partial charge in [-0.15, -0.1) is 0 Å². The van der Waals surface area contributed by atoms with Gasteiger partial charge in [-0.25, -0.2) is 9.59 Å². The van der Waals surface area contributed by atoms with Crippen LogP contribution in [0.3, 0.4) is 0 Å². The average molecular weight is 623 g/mol. The second-order valence-corrected chi connectivity index (χ2v) is 15.0. The van der Waals surface area contributed by atoms with Crippen LogP contribution in [0.4, 0.5) is 0 Å². The summed E-state index contributed by atoms with van der Waals surface area (Å²) in [6, 6.07) is -2.24. The minimum atomic E-state index is -2.43. The summed E-state index contributed by atoms with van der Waals surface area (Å²) in [4.78, 5) is 68.1. The molecule has 0 aromatic rings. The van der Waals surface area contributed by atoms with Gasteiger partial charge in [0.05, 0.1) is 5.92 Å². The van der Waals surface area contributed by atoms with Crippen molar-refractivity contribution in [3.63, 3.8) is 0 Å². The third-order valence-electron chi connectivity index (χ3n) is 11.4. The van der Waals surface area contributed by atoms with E-state index in [1.165, 1.54) is 6.92 Å². The average Bonchev–Trinajstić information content (AvgIpc) is 3.64. The van der Waals surface area contributed by atoms with Crippen LogP contribution in [0, 0.1) is 39.9 Å². The van der Waals surface area contributed by atoms with Crippen molar-refractivity contribution in [1.82, 2.24) is 0 Å². The number of ether oxygens (including phenoxy) is 6. The molecule has 0 radical (unpaired) electrons. The molecule has 6 aliphatic rings. The molecule has 4 saturated heterocycles. The molecule has 44 heavy (non-hydrogen) atoms. The summed E-state index contributed by atoms with van der Waals surface area (Å²) in [6.07, 6.45) is -7.51. The molecule has 0 amide bonds. The second-order valence-electron chi connectivity index (χ2n) is 15.0. The number of nitrogens with two attached hydrogens (primary N) is 2. The highest BCUT2D eigenvalue weighted by atomic mass is 16.8. The van der Waals surface area contributed by atoms with Gasteiger partial charge in [0.1, 0.15) is 29.0 Å². The van der Waals surface area contributed by atoms with Gasteiger partial charge in [0.15, 0.2) is 17.8 Å². The number of hydrogen-bond donors (Lipinski definition) is 3. The van der Waals surface area contributed by atoms with Crippen molar-refractivity contribution in [1.29, 1.82) is 0 Å². The molecule has 6 fully saturated rings. The van der Waals surface area contributed by atoms with E-state index in [0.717, 1.165) is 0 Å². The Labute approximate surface area is 254 Å². The number of aliphatic hydroxyl groups is 1. The zero-order chi connectivity index (χ0) is 32.7. The molecular weight excluding hydrogens is 580 g/mol. The number of fused-ring (bicyclic) bond motifs is 1. The Morgan fingerprint density at radius 1 is 0.932 bits per heavy atom. The lowest BCUT2D eigenvalue weighted by Gasteiger charge is -2.48. The van der Waals surface area contributed by atoms with E-state index in [4.69, 9.17) is 39.9 Å². The van der Waals surface area contributed by atoms with E-state index in [9.17, 15) is 29.1 Å². The first kappa shape index (κ1) is 31.2. The van der Waals surface area contributed by atoms with Crippen molar-refractivity contribution in [3.8, 4) is 0 Å². The molecule has 2 spiro atoms.